The molecule has 0 aliphatic rings. The molecule has 21 heavy (non-hydrogen) atoms. The molecule has 0 saturated carbocycles. The second-order valence-corrected chi connectivity index (χ2v) is 6.63. The van der Waals surface area contributed by atoms with Crippen LogP contribution >= 0.6 is 11.8 Å². The van der Waals surface area contributed by atoms with Crippen LogP contribution in [0.1, 0.15) is 38.1 Å². The van der Waals surface area contributed by atoms with Crippen LogP contribution in [0.2, 0.25) is 0 Å². The average molecular weight is 312 g/mol. The third-order valence-corrected chi connectivity index (χ3v) is 4.38. The zero-order valence-corrected chi connectivity index (χ0v) is 13.6. The summed E-state index contributed by atoms with van der Waals surface area (Å²) in [5, 5.41) is 23.8. The van der Waals surface area contributed by atoms with Gasteiger partial charge in [0, 0.05) is 11.6 Å². The summed E-state index contributed by atoms with van der Waals surface area (Å²) in [5.41, 5.74) is -1.92. The molecule has 0 atom stereocenters. The average Bonchev–Trinajstić information content (AvgIpc) is 2.35. The Morgan fingerprint density at radius 2 is 1.90 bits per heavy atom. The Labute approximate surface area is 128 Å². The van der Waals surface area contributed by atoms with E-state index in [1.165, 1.54) is 23.9 Å². The Morgan fingerprint density at radius 1 is 1.33 bits per heavy atom. The summed E-state index contributed by atoms with van der Waals surface area (Å²) in [4.78, 5) is 23.2. The monoisotopic (exact) mass is 312 g/mol. The molecule has 0 spiro atoms. The molecule has 7 heteroatoms. The summed E-state index contributed by atoms with van der Waals surface area (Å²) in [7, 11) is 0. The van der Waals surface area contributed by atoms with Crippen LogP contribution in [-0.2, 0) is 0 Å². The van der Waals surface area contributed by atoms with E-state index in [1.807, 2.05) is 0 Å². The number of rotatable bonds is 5. The van der Waals surface area contributed by atoms with Gasteiger partial charge in [-0.2, -0.15) is 0 Å². The highest BCUT2D eigenvalue weighted by Crippen LogP contribution is 2.29. The number of thioether (sulfide) groups is 1. The second-order valence-electron chi connectivity index (χ2n) is 5.78. The lowest BCUT2D eigenvalue weighted by Crippen LogP contribution is -2.57. The molecule has 0 bridgehead atoms. The highest BCUT2D eigenvalue weighted by Gasteiger charge is 2.36. The number of carbonyl (C=O) groups excluding carboxylic acids is 1. The molecule has 0 unspecified atom stereocenters. The van der Waals surface area contributed by atoms with Gasteiger partial charge in [0.1, 0.15) is 0 Å². The van der Waals surface area contributed by atoms with E-state index in [4.69, 9.17) is 0 Å². The van der Waals surface area contributed by atoms with Gasteiger partial charge in [-0.1, -0.05) is 0 Å². The quantitative estimate of drug-likeness (QED) is 0.495. The molecule has 0 heterocycles. The minimum atomic E-state index is -1.13. The second kappa shape index (κ2) is 6.03. The SMILES string of the molecule is CSc1ccc(C(=O)NC(C)(C)C(C)(C)O)cc1[N+](=O)[O-]. The molecule has 1 amide bonds. The summed E-state index contributed by atoms with van der Waals surface area (Å²) < 4.78 is 0. The Kier molecular flexibility index (Phi) is 5.01. The van der Waals surface area contributed by atoms with E-state index in [-0.39, 0.29) is 11.3 Å². The number of carbonyl (C=O) groups is 1. The molecule has 6 nitrogen and oxygen atoms in total. The molecule has 0 saturated heterocycles. The minimum absolute atomic E-state index is 0.101. The predicted molar refractivity (Wildman–Crippen MR) is 82.7 cm³/mol. The maximum atomic E-state index is 12.2. The summed E-state index contributed by atoms with van der Waals surface area (Å²) >= 11 is 1.25. The number of hydrogen-bond donors (Lipinski definition) is 2. The first-order valence-electron chi connectivity index (χ1n) is 6.37. The van der Waals surface area contributed by atoms with Crippen molar-refractivity contribution in [2.24, 2.45) is 0 Å². The van der Waals surface area contributed by atoms with Crippen molar-refractivity contribution in [3.63, 3.8) is 0 Å². The van der Waals surface area contributed by atoms with E-state index >= 15 is 0 Å². The Hall–Kier alpha value is -1.60. The number of nitro groups is 1. The fourth-order valence-electron chi connectivity index (χ4n) is 1.48. The highest BCUT2D eigenvalue weighted by molar-refractivity contribution is 7.98. The van der Waals surface area contributed by atoms with Gasteiger partial charge < -0.3 is 10.4 Å². The molecule has 0 aromatic heterocycles. The minimum Gasteiger partial charge on any atom is -0.388 e. The van der Waals surface area contributed by atoms with Crippen LogP contribution in [0.3, 0.4) is 0 Å². The number of amides is 1. The van der Waals surface area contributed by atoms with Crippen LogP contribution in [0, 0.1) is 10.1 Å². The molecular weight excluding hydrogens is 292 g/mol. The first-order valence-corrected chi connectivity index (χ1v) is 7.59. The van der Waals surface area contributed by atoms with Gasteiger partial charge in [-0.25, -0.2) is 0 Å². The summed E-state index contributed by atoms with van der Waals surface area (Å²) in [6, 6.07) is 4.34. The molecule has 0 fully saturated rings. The lowest BCUT2D eigenvalue weighted by molar-refractivity contribution is -0.387. The largest absolute Gasteiger partial charge is 0.388 e. The van der Waals surface area contributed by atoms with E-state index in [1.54, 1.807) is 40.0 Å². The molecule has 116 valence electrons. The van der Waals surface area contributed by atoms with E-state index < -0.39 is 22.0 Å². The zero-order valence-electron chi connectivity index (χ0n) is 12.8. The molecular formula is C14H20N2O4S. The number of aliphatic hydroxyl groups is 1. The van der Waals surface area contributed by atoms with Crippen molar-refractivity contribution in [2.75, 3.05) is 6.26 Å². The highest BCUT2D eigenvalue weighted by atomic mass is 32.2. The van der Waals surface area contributed by atoms with Crippen molar-refractivity contribution >= 4 is 23.4 Å². The van der Waals surface area contributed by atoms with E-state index in [2.05, 4.69) is 5.32 Å². The molecule has 1 aromatic rings. The number of nitrogens with zero attached hydrogens (tertiary/aromatic N) is 1. The maximum absolute atomic E-state index is 12.2. The van der Waals surface area contributed by atoms with Gasteiger partial charge >= 0.3 is 0 Å². The fraction of sp³-hybridized carbons (Fsp3) is 0.500. The smallest absolute Gasteiger partial charge is 0.283 e. The lowest BCUT2D eigenvalue weighted by Gasteiger charge is -2.38. The molecule has 1 rings (SSSR count). The first-order chi connectivity index (χ1) is 9.49. The van der Waals surface area contributed by atoms with E-state index in [0.29, 0.717) is 4.90 Å². The van der Waals surface area contributed by atoms with Gasteiger partial charge in [-0.3, -0.25) is 14.9 Å². The molecule has 2 N–H and O–H groups in total. The Balaban J connectivity index is 3.10. The van der Waals surface area contributed by atoms with Crippen molar-refractivity contribution in [3.8, 4) is 0 Å². The van der Waals surface area contributed by atoms with Gasteiger partial charge in [0.15, 0.2) is 0 Å². The van der Waals surface area contributed by atoms with Gasteiger partial charge in [0.05, 0.1) is 21.0 Å². The molecule has 0 aliphatic heterocycles. The molecule has 0 aliphatic carbocycles. The number of benzene rings is 1. The van der Waals surface area contributed by atoms with E-state index in [9.17, 15) is 20.0 Å². The number of nitro benzene ring substituents is 1. The summed E-state index contributed by atoms with van der Waals surface area (Å²) in [6.07, 6.45) is 1.74. The van der Waals surface area contributed by atoms with Gasteiger partial charge in [0.25, 0.3) is 11.6 Å². The Morgan fingerprint density at radius 3 is 2.33 bits per heavy atom. The molecule has 0 radical (unpaired) electrons. The third kappa shape index (κ3) is 3.95. The van der Waals surface area contributed by atoms with Crippen LogP contribution in [0.5, 0.6) is 0 Å². The van der Waals surface area contributed by atoms with Crippen molar-refractivity contribution in [1.82, 2.24) is 5.32 Å². The first kappa shape index (κ1) is 17.5. The fourth-order valence-corrected chi connectivity index (χ4v) is 2.03. The lowest BCUT2D eigenvalue weighted by atomic mass is 9.85. The van der Waals surface area contributed by atoms with Crippen molar-refractivity contribution in [1.29, 1.82) is 0 Å². The van der Waals surface area contributed by atoms with Crippen LogP contribution in [0.4, 0.5) is 5.69 Å². The number of hydrogen-bond acceptors (Lipinski definition) is 5. The summed E-state index contributed by atoms with van der Waals surface area (Å²) in [6.45, 7) is 6.56. The van der Waals surface area contributed by atoms with Crippen molar-refractivity contribution in [2.45, 2.75) is 43.7 Å². The zero-order chi connectivity index (χ0) is 16.4. The van der Waals surface area contributed by atoms with Crippen LogP contribution in [-0.4, -0.2) is 33.3 Å². The Bertz CT molecular complexity index is 565. The maximum Gasteiger partial charge on any atom is 0.283 e. The van der Waals surface area contributed by atoms with Crippen LogP contribution in [0.15, 0.2) is 23.1 Å². The van der Waals surface area contributed by atoms with Gasteiger partial charge in [-0.15, -0.1) is 11.8 Å². The topological polar surface area (TPSA) is 92.5 Å². The van der Waals surface area contributed by atoms with Crippen molar-refractivity contribution < 1.29 is 14.8 Å². The van der Waals surface area contributed by atoms with Crippen LogP contribution in [0.25, 0.3) is 0 Å². The van der Waals surface area contributed by atoms with Gasteiger partial charge in [-0.05, 0) is 46.1 Å². The molecule has 1 aromatic carbocycles. The van der Waals surface area contributed by atoms with Gasteiger partial charge in [0.2, 0.25) is 0 Å². The summed E-state index contributed by atoms with van der Waals surface area (Å²) in [5.74, 6) is -0.460. The van der Waals surface area contributed by atoms with E-state index in [0.717, 1.165) is 0 Å². The standard InChI is InChI=1S/C14H20N2O4S/c1-13(2,14(3,4)18)15-12(17)9-6-7-11(21-5)10(8-9)16(19)20/h6-8,18H,1-5H3,(H,15,17). The van der Waals surface area contributed by atoms with Crippen molar-refractivity contribution in [3.05, 3.63) is 33.9 Å². The normalized spacial score (nSPS) is 12.1. The van der Waals surface area contributed by atoms with Crippen LogP contribution < -0.4 is 5.32 Å². The predicted octanol–water partition coefficient (Wildman–Crippen LogP) is 2.60. The number of nitrogens with one attached hydrogen (secondary N) is 1. The third-order valence-electron chi connectivity index (χ3n) is 3.59.